The van der Waals surface area contributed by atoms with Gasteiger partial charge in [0.05, 0.1) is 12.6 Å². The van der Waals surface area contributed by atoms with Crippen molar-refractivity contribution in [3.05, 3.63) is 12.7 Å². The number of carbonyl (C=O) groups excluding carboxylic acids is 2. The number of hydrogen-bond donors (Lipinski definition) is 0. The summed E-state index contributed by atoms with van der Waals surface area (Å²) in [5.41, 5.74) is 0. The van der Waals surface area contributed by atoms with Crippen LogP contribution < -0.4 is 113 Å². The van der Waals surface area contributed by atoms with Gasteiger partial charge in [0.15, 0.2) is 0 Å². The van der Waals surface area contributed by atoms with Crippen molar-refractivity contribution >= 4 is 22.1 Å². The first-order chi connectivity index (χ1) is 10.7. The first kappa shape index (κ1) is 31.6. The Balaban J connectivity index is -0.00000242. The topological polar surface area (TPSA) is 124 Å². The van der Waals surface area contributed by atoms with Crippen molar-refractivity contribution < 1.29 is 135 Å². The Morgan fingerprint density at radius 2 is 1.80 bits per heavy atom. The fourth-order valence-electron chi connectivity index (χ4n) is 2.41. The van der Waals surface area contributed by atoms with Gasteiger partial charge in [0.1, 0.15) is 4.75 Å². The minimum atomic E-state index is -4.72. The zero-order valence-electron chi connectivity index (χ0n) is 15.6. The molecule has 0 N–H and O–H groups in total. The van der Waals surface area contributed by atoms with Crippen LogP contribution in [0.15, 0.2) is 12.7 Å². The molecule has 0 rings (SSSR count). The third-order valence-corrected chi connectivity index (χ3v) is 5.66. The van der Waals surface area contributed by atoms with E-state index in [9.17, 15) is 28.2 Å². The Hall–Kier alpha value is 1.86. The van der Waals surface area contributed by atoms with Crippen LogP contribution in [0, 0.1) is 5.92 Å². The predicted octanol–water partition coefficient (Wildman–Crippen LogP) is -6.24. The van der Waals surface area contributed by atoms with Crippen molar-refractivity contribution in [2.45, 2.75) is 57.1 Å². The van der Waals surface area contributed by atoms with Crippen LogP contribution in [-0.4, -0.2) is 31.7 Å². The van der Waals surface area contributed by atoms with E-state index in [4.69, 9.17) is 0 Å². The third-order valence-electron chi connectivity index (χ3n) is 3.78. The summed E-state index contributed by atoms with van der Waals surface area (Å²) in [5, 5.41) is 22.6. The molecule has 0 aliphatic heterocycles. The third kappa shape index (κ3) is 10.3. The van der Waals surface area contributed by atoms with Crippen LogP contribution in [0.4, 0.5) is 0 Å². The summed E-state index contributed by atoms with van der Waals surface area (Å²) in [6.45, 7) is 6.58. The Morgan fingerprint density at radius 1 is 1.24 bits per heavy atom. The molecular weight excluding hydrogens is 402 g/mol. The van der Waals surface area contributed by atoms with Crippen LogP contribution in [0.1, 0.15) is 52.4 Å². The van der Waals surface area contributed by atoms with Gasteiger partial charge in [-0.3, -0.25) is 4.18 Å². The molecular formula is C15H24K2O7S. The first-order valence-electron chi connectivity index (χ1n) is 7.58. The Labute approximate surface area is 235 Å². The molecule has 0 aromatic carbocycles. The Bertz CT molecular complexity index is 522. The molecule has 0 amide bonds. The molecule has 0 aliphatic rings. The van der Waals surface area contributed by atoms with Crippen molar-refractivity contribution in [2.24, 2.45) is 5.92 Å². The summed E-state index contributed by atoms with van der Waals surface area (Å²) in [5.74, 6) is -4.06. The van der Waals surface area contributed by atoms with Gasteiger partial charge in [-0.15, -0.1) is 6.58 Å². The van der Waals surface area contributed by atoms with Crippen molar-refractivity contribution in [2.75, 3.05) is 6.61 Å². The van der Waals surface area contributed by atoms with Crippen molar-refractivity contribution in [1.29, 1.82) is 0 Å². The van der Waals surface area contributed by atoms with E-state index >= 15 is 0 Å². The minimum Gasteiger partial charge on any atom is -0.550 e. The largest absolute Gasteiger partial charge is 1.00 e. The van der Waals surface area contributed by atoms with Gasteiger partial charge in [-0.1, -0.05) is 45.6 Å². The van der Waals surface area contributed by atoms with Crippen LogP contribution >= 0.6 is 0 Å². The first-order valence-corrected chi connectivity index (χ1v) is 8.98. The maximum absolute atomic E-state index is 12.3. The summed E-state index contributed by atoms with van der Waals surface area (Å²) in [6.07, 6.45) is 2.27. The summed E-state index contributed by atoms with van der Waals surface area (Å²) in [7, 11) is -4.72. The van der Waals surface area contributed by atoms with Crippen LogP contribution in [0.5, 0.6) is 0 Å². The molecule has 0 heterocycles. The number of carboxylic acid groups (broad SMARTS) is 2. The van der Waals surface area contributed by atoms with Crippen molar-refractivity contribution in [1.82, 2.24) is 0 Å². The van der Waals surface area contributed by atoms with Gasteiger partial charge in [0, 0.05) is 12.4 Å². The summed E-state index contributed by atoms with van der Waals surface area (Å²) in [6, 6.07) is 0. The van der Waals surface area contributed by atoms with E-state index in [-0.39, 0.29) is 115 Å². The van der Waals surface area contributed by atoms with E-state index in [2.05, 4.69) is 10.8 Å². The molecule has 7 nitrogen and oxygen atoms in total. The molecule has 10 heteroatoms. The number of rotatable bonds is 13. The molecule has 0 saturated heterocycles. The maximum Gasteiger partial charge on any atom is 1.00 e. The van der Waals surface area contributed by atoms with Crippen LogP contribution in [0.3, 0.4) is 0 Å². The SMILES string of the molecule is C=CCOS(=O)(=O)C(CC(=O)[O-])(CC(CC)CCCC)C(=O)[O-].[K+].[K+]. The van der Waals surface area contributed by atoms with Crippen molar-refractivity contribution in [3.8, 4) is 0 Å². The quantitative estimate of drug-likeness (QED) is 0.163. The normalized spacial score (nSPS) is 14.3. The average Bonchev–Trinajstić information content (AvgIpc) is 2.47. The molecule has 25 heavy (non-hydrogen) atoms. The molecule has 0 spiro atoms. The minimum absolute atomic E-state index is 0. The second-order valence-electron chi connectivity index (χ2n) is 5.48. The van der Waals surface area contributed by atoms with E-state index in [0.29, 0.717) is 12.8 Å². The van der Waals surface area contributed by atoms with Gasteiger partial charge >= 0.3 is 103 Å². The molecule has 0 fully saturated rings. The smallest absolute Gasteiger partial charge is 0.550 e. The molecule has 0 aromatic heterocycles. The second-order valence-corrected chi connectivity index (χ2v) is 7.40. The molecule has 0 saturated carbocycles. The number of aliphatic carboxylic acids is 2. The number of unbranched alkanes of at least 4 members (excludes halogenated alkanes) is 1. The van der Waals surface area contributed by atoms with Gasteiger partial charge in [-0.05, 0) is 12.3 Å². The fraction of sp³-hybridized carbons (Fsp3) is 0.733. The predicted molar refractivity (Wildman–Crippen MR) is 80.4 cm³/mol. The van der Waals surface area contributed by atoms with Crippen molar-refractivity contribution in [3.63, 3.8) is 0 Å². The van der Waals surface area contributed by atoms with Crippen LogP contribution in [0.25, 0.3) is 0 Å². The number of carbonyl (C=O) groups is 2. The van der Waals surface area contributed by atoms with E-state index in [0.717, 1.165) is 18.9 Å². The van der Waals surface area contributed by atoms with Crippen LogP contribution in [0.2, 0.25) is 0 Å². The zero-order valence-corrected chi connectivity index (χ0v) is 22.6. The molecule has 0 aliphatic carbocycles. The number of carboxylic acids is 2. The van der Waals surface area contributed by atoms with Gasteiger partial charge in [-0.2, -0.15) is 8.42 Å². The van der Waals surface area contributed by atoms with E-state index in [1.54, 1.807) is 6.92 Å². The summed E-state index contributed by atoms with van der Waals surface area (Å²) in [4.78, 5) is 22.6. The maximum atomic E-state index is 12.3. The van der Waals surface area contributed by atoms with E-state index < -0.39 is 39.8 Å². The van der Waals surface area contributed by atoms with Gasteiger partial charge in [0.25, 0.3) is 10.1 Å². The summed E-state index contributed by atoms with van der Waals surface area (Å²) < 4.78 is 26.6. The standard InChI is InChI=1S/C15H26O7S.2K/c1-4-7-8-12(6-3)10-15(14(18)19,11-13(16)17)23(20,21)22-9-5-2;;/h5,12H,2,4,6-11H2,1,3H3,(H,16,17)(H,18,19);;/q;2*+1/p-2. The number of hydrogen-bond acceptors (Lipinski definition) is 7. The van der Waals surface area contributed by atoms with Gasteiger partial charge in [-0.25, -0.2) is 0 Å². The second kappa shape index (κ2) is 15.7. The molecule has 0 aromatic rings. The fourth-order valence-corrected chi connectivity index (χ4v) is 3.85. The Kier molecular flexibility index (Phi) is 19.9. The zero-order chi connectivity index (χ0) is 18.1. The molecule has 134 valence electrons. The molecule has 2 unspecified atom stereocenters. The van der Waals surface area contributed by atoms with Gasteiger partial charge in [0.2, 0.25) is 0 Å². The van der Waals surface area contributed by atoms with Gasteiger partial charge < -0.3 is 19.8 Å². The van der Waals surface area contributed by atoms with E-state index in [1.807, 2.05) is 6.92 Å². The molecule has 0 radical (unpaired) electrons. The van der Waals surface area contributed by atoms with Crippen LogP contribution in [-0.2, 0) is 23.9 Å². The Morgan fingerprint density at radius 3 is 2.16 bits per heavy atom. The molecule has 0 bridgehead atoms. The van der Waals surface area contributed by atoms with E-state index in [1.165, 1.54) is 0 Å². The summed E-state index contributed by atoms with van der Waals surface area (Å²) >= 11 is 0. The molecule has 2 atom stereocenters. The monoisotopic (exact) mass is 426 g/mol. The average molecular weight is 427 g/mol.